The van der Waals surface area contributed by atoms with Gasteiger partial charge in [-0.05, 0) is 30.3 Å². The summed E-state index contributed by atoms with van der Waals surface area (Å²) in [7, 11) is 0. The third kappa shape index (κ3) is 5.42. The second-order valence-corrected chi connectivity index (χ2v) is 6.01. The van der Waals surface area contributed by atoms with Crippen LogP contribution < -0.4 is 10.6 Å². The summed E-state index contributed by atoms with van der Waals surface area (Å²) in [5.41, 5.74) is 0.704. The van der Waals surface area contributed by atoms with Crippen LogP contribution in [0.15, 0.2) is 60.0 Å². The molecule has 2 rings (SSSR count). The Kier molecular flexibility index (Phi) is 6.71. The first-order chi connectivity index (χ1) is 12.0. The number of amides is 2. The first-order valence-electron chi connectivity index (χ1n) is 7.37. The zero-order valence-electron chi connectivity index (χ0n) is 13.2. The fourth-order valence-electron chi connectivity index (χ4n) is 1.95. The molecule has 0 saturated heterocycles. The molecule has 4 nitrogen and oxygen atoms in total. The molecule has 0 bridgehead atoms. The van der Waals surface area contributed by atoms with Gasteiger partial charge in [0.05, 0.1) is 17.0 Å². The average Bonchev–Trinajstić information content (AvgIpc) is 2.61. The van der Waals surface area contributed by atoms with Crippen LogP contribution in [0.3, 0.4) is 0 Å². The van der Waals surface area contributed by atoms with Crippen LogP contribution in [0.5, 0.6) is 0 Å². The largest absolute Gasteiger partial charge is 0.349 e. The fraction of sp³-hybridized carbons (Fsp3) is 0.111. The van der Waals surface area contributed by atoms with Crippen molar-refractivity contribution < 1.29 is 18.4 Å². The highest BCUT2D eigenvalue weighted by Gasteiger charge is 2.13. The highest BCUT2D eigenvalue weighted by molar-refractivity contribution is 8.00. The summed E-state index contributed by atoms with van der Waals surface area (Å²) in [6.07, 6.45) is 1.55. The quantitative estimate of drug-likeness (QED) is 0.584. The molecule has 0 aliphatic heterocycles. The van der Waals surface area contributed by atoms with Crippen LogP contribution in [0.4, 0.5) is 14.5 Å². The number of rotatable bonds is 7. The monoisotopic (exact) mass is 362 g/mol. The molecule has 0 fully saturated rings. The number of nitrogens with one attached hydrogen (secondary N) is 2. The second kappa shape index (κ2) is 8.98. The van der Waals surface area contributed by atoms with Gasteiger partial charge >= 0.3 is 0 Å². The van der Waals surface area contributed by atoms with Gasteiger partial charge in [0.2, 0.25) is 5.91 Å². The van der Waals surface area contributed by atoms with Gasteiger partial charge in [0.1, 0.15) is 0 Å². The van der Waals surface area contributed by atoms with Gasteiger partial charge in [-0.3, -0.25) is 9.59 Å². The summed E-state index contributed by atoms with van der Waals surface area (Å²) in [5, 5.41) is 5.29. The number of hydrogen-bond donors (Lipinski definition) is 2. The molecule has 0 heterocycles. The Balaban J connectivity index is 1.99. The van der Waals surface area contributed by atoms with Gasteiger partial charge in [-0.2, -0.15) is 0 Å². The molecule has 130 valence electrons. The molecule has 0 aliphatic carbocycles. The minimum atomic E-state index is -0.963. The normalized spacial score (nSPS) is 10.2. The third-order valence-electron chi connectivity index (χ3n) is 3.11. The Morgan fingerprint density at radius 3 is 2.60 bits per heavy atom. The zero-order valence-corrected chi connectivity index (χ0v) is 14.0. The van der Waals surface area contributed by atoms with Gasteiger partial charge in [-0.15, -0.1) is 18.3 Å². The standard InChI is InChI=1S/C18H16F2N2O2S/c1-2-9-21-18(24)13-5-3-4-6-16(13)22-17(23)11-25-12-7-8-14(19)15(20)10-12/h2-8,10H,1,9,11H2,(H,21,24)(H,22,23). The van der Waals surface area contributed by atoms with Gasteiger partial charge in [0.25, 0.3) is 5.91 Å². The van der Waals surface area contributed by atoms with E-state index in [4.69, 9.17) is 0 Å². The van der Waals surface area contributed by atoms with Gasteiger partial charge in [-0.25, -0.2) is 8.78 Å². The Labute approximate surface area is 148 Å². The van der Waals surface area contributed by atoms with E-state index >= 15 is 0 Å². The molecule has 2 amide bonds. The molecule has 7 heteroatoms. The molecular formula is C18H16F2N2O2S. The van der Waals surface area contributed by atoms with Crippen LogP contribution in [0, 0.1) is 11.6 Å². The van der Waals surface area contributed by atoms with Crippen LogP contribution in [0.1, 0.15) is 10.4 Å². The number of benzene rings is 2. The van der Waals surface area contributed by atoms with Crippen LogP contribution in [-0.4, -0.2) is 24.1 Å². The number of thioether (sulfide) groups is 1. The molecule has 25 heavy (non-hydrogen) atoms. The Bertz CT molecular complexity index is 796. The van der Waals surface area contributed by atoms with Gasteiger partial charge < -0.3 is 10.6 Å². The lowest BCUT2D eigenvalue weighted by atomic mass is 10.1. The first kappa shape index (κ1) is 18.7. The summed E-state index contributed by atoms with van der Waals surface area (Å²) in [6, 6.07) is 10.0. The second-order valence-electron chi connectivity index (χ2n) is 4.96. The lowest BCUT2D eigenvalue weighted by Gasteiger charge is -2.10. The lowest BCUT2D eigenvalue weighted by molar-refractivity contribution is -0.113. The number of halogens is 2. The summed E-state index contributed by atoms with van der Waals surface area (Å²) < 4.78 is 26.0. The van der Waals surface area contributed by atoms with Crippen LogP contribution in [0.25, 0.3) is 0 Å². The Morgan fingerprint density at radius 2 is 1.88 bits per heavy atom. The van der Waals surface area contributed by atoms with E-state index in [0.29, 0.717) is 22.7 Å². The minimum Gasteiger partial charge on any atom is -0.349 e. The Morgan fingerprint density at radius 1 is 1.12 bits per heavy atom. The maximum Gasteiger partial charge on any atom is 0.253 e. The number of hydrogen-bond acceptors (Lipinski definition) is 3. The van der Waals surface area contributed by atoms with E-state index in [-0.39, 0.29) is 17.6 Å². The van der Waals surface area contributed by atoms with Crippen molar-refractivity contribution >= 4 is 29.3 Å². The van der Waals surface area contributed by atoms with E-state index < -0.39 is 11.6 Å². The van der Waals surface area contributed by atoms with E-state index in [1.807, 2.05) is 0 Å². The van der Waals surface area contributed by atoms with Gasteiger partial charge in [0, 0.05) is 11.4 Å². The molecule has 2 N–H and O–H groups in total. The molecule has 0 spiro atoms. The molecule has 0 radical (unpaired) electrons. The van der Waals surface area contributed by atoms with E-state index in [1.54, 1.807) is 30.3 Å². The summed E-state index contributed by atoms with van der Waals surface area (Å²) in [5.74, 6) is -2.60. The maximum absolute atomic E-state index is 13.2. The smallest absolute Gasteiger partial charge is 0.253 e. The van der Waals surface area contributed by atoms with E-state index in [2.05, 4.69) is 17.2 Å². The highest BCUT2D eigenvalue weighted by Crippen LogP contribution is 2.21. The zero-order chi connectivity index (χ0) is 18.2. The summed E-state index contributed by atoms with van der Waals surface area (Å²) >= 11 is 1.07. The van der Waals surface area contributed by atoms with Crippen molar-refractivity contribution in [3.05, 3.63) is 72.3 Å². The Hall–Kier alpha value is -2.67. The van der Waals surface area contributed by atoms with Crippen molar-refractivity contribution in [2.24, 2.45) is 0 Å². The van der Waals surface area contributed by atoms with Crippen molar-refractivity contribution in [1.29, 1.82) is 0 Å². The molecule has 2 aromatic rings. The number of anilines is 1. The maximum atomic E-state index is 13.2. The summed E-state index contributed by atoms with van der Waals surface area (Å²) in [6.45, 7) is 3.84. The lowest BCUT2D eigenvalue weighted by Crippen LogP contribution is -2.25. The van der Waals surface area contributed by atoms with Gasteiger partial charge in [-0.1, -0.05) is 18.2 Å². The van der Waals surface area contributed by atoms with Crippen molar-refractivity contribution in [3.8, 4) is 0 Å². The van der Waals surface area contributed by atoms with E-state index in [9.17, 15) is 18.4 Å². The van der Waals surface area contributed by atoms with Crippen molar-refractivity contribution in [1.82, 2.24) is 5.32 Å². The van der Waals surface area contributed by atoms with Crippen LogP contribution in [-0.2, 0) is 4.79 Å². The van der Waals surface area contributed by atoms with Gasteiger partial charge in [0.15, 0.2) is 11.6 Å². The minimum absolute atomic E-state index is 0.00627. The SMILES string of the molecule is C=CCNC(=O)c1ccccc1NC(=O)CSc1ccc(F)c(F)c1. The van der Waals surface area contributed by atoms with Crippen molar-refractivity contribution in [3.63, 3.8) is 0 Å². The first-order valence-corrected chi connectivity index (χ1v) is 8.35. The molecule has 0 aromatic heterocycles. The third-order valence-corrected chi connectivity index (χ3v) is 4.11. The molecule has 2 aromatic carbocycles. The van der Waals surface area contributed by atoms with Crippen LogP contribution in [0.2, 0.25) is 0 Å². The predicted molar refractivity (Wildman–Crippen MR) is 94.7 cm³/mol. The van der Waals surface area contributed by atoms with E-state index in [0.717, 1.165) is 23.9 Å². The summed E-state index contributed by atoms with van der Waals surface area (Å²) in [4.78, 5) is 24.6. The molecule has 0 aliphatic rings. The van der Waals surface area contributed by atoms with Crippen molar-refractivity contribution in [2.75, 3.05) is 17.6 Å². The number of para-hydroxylation sites is 1. The van der Waals surface area contributed by atoms with Crippen molar-refractivity contribution in [2.45, 2.75) is 4.90 Å². The molecule has 0 atom stereocenters. The van der Waals surface area contributed by atoms with E-state index in [1.165, 1.54) is 6.07 Å². The number of carbonyl (C=O) groups is 2. The molecule has 0 unspecified atom stereocenters. The fourth-order valence-corrected chi connectivity index (χ4v) is 2.67. The molecular weight excluding hydrogens is 346 g/mol. The topological polar surface area (TPSA) is 58.2 Å². The highest BCUT2D eigenvalue weighted by atomic mass is 32.2. The average molecular weight is 362 g/mol. The molecule has 0 saturated carbocycles. The van der Waals surface area contributed by atoms with Crippen LogP contribution >= 0.6 is 11.8 Å². The number of carbonyl (C=O) groups excluding carboxylic acids is 2. The predicted octanol–water partition coefficient (Wildman–Crippen LogP) is 3.61.